The van der Waals surface area contributed by atoms with Crippen molar-refractivity contribution in [1.29, 1.82) is 0 Å². The second kappa shape index (κ2) is 7.52. The van der Waals surface area contributed by atoms with E-state index in [1.807, 2.05) is 30.3 Å². The van der Waals surface area contributed by atoms with Gasteiger partial charge in [0.2, 0.25) is 0 Å². The molecule has 2 rings (SSSR count). The van der Waals surface area contributed by atoms with Crippen LogP contribution in [0, 0.1) is 3.57 Å². The average Bonchev–Trinajstić information content (AvgIpc) is 2.53. The maximum Gasteiger partial charge on any atom is 0.338 e. The third kappa shape index (κ3) is 5.48. The highest BCUT2D eigenvalue weighted by molar-refractivity contribution is 14.2. The number of hydrogen-bond acceptors (Lipinski definition) is 4. The largest absolute Gasteiger partial charge is 0.456 e. The van der Waals surface area contributed by atoms with Crippen LogP contribution in [0.3, 0.4) is 0 Å². The summed E-state index contributed by atoms with van der Waals surface area (Å²) >= 11 is -0.983. The molecule has 24 heavy (non-hydrogen) atoms. The summed E-state index contributed by atoms with van der Waals surface area (Å²) in [4.78, 5) is 12.0. The van der Waals surface area contributed by atoms with Gasteiger partial charge in [-0.2, -0.15) is 8.42 Å². The number of ether oxygens (including phenoxy) is 1. The zero-order valence-corrected chi connectivity index (χ0v) is 16.5. The van der Waals surface area contributed by atoms with Crippen molar-refractivity contribution in [3.63, 3.8) is 0 Å². The van der Waals surface area contributed by atoms with Crippen molar-refractivity contribution in [2.45, 2.75) is 31.3 Å². The highest BCUT2D eigenvalue weighted by Crippen LogP contribution is 2.22. The molecule has 128 valence electrons. The standard InChI is InChI=1S/C17H18INO4S/c1-17(2,3)23-16(20)13-9-11-15(12-10-13)24(21,22)19-18-14-7-5-4-6-8-14/h4-12H,1-3H3. The summed E-state index contributed by atoms with van der Waals surface area (Å²) in [6.45, 7) is 5.32. The minimum Gasteiger partial charge on any atom is -0.456 e. The molecule has 0 aliphatic rings. The van der Waals surface area contributed by atoms with Crippen LogP contribution in [-0.2, 0) is 14.8 Å². The van der Waals surface area contributed by atoms with E-state index in [0.717, 1.165) is 3.57 Å². The Labute approximate surface area is 152 Å². The number of benzene rings is 2. The van der Waals surface area contributed by atoms with Gasteiger partial charge in [0.1, 0.15) is 5.60 Å². The number of esters is 1. The summed E-state index contributed by atoms with van der Waals surface area (Å²) < 4.78 is 34.6. The number of nitrogens with zero attached hydrogens (tertiary/aromatic N) is 1. The molecule has 0 unspecified atom stereocenters. The van der Waals surface area contributed by atoms with E-state index in [1.165, 1.54) is 24.3 Å². The predicted octanol–water partition coefficient (Wildman–Crippen LogP) is 4.35. The van der Waals surface area contributed by atoms with Gasteiger partial charge < -0.3 is 4.74 Å². The van der Waals surface area contributed by atoms with Crippen LogP contribution in [0.15, 0.2) is 62.0 Å². The fraction of sp³-hybridized carbons (Fsp3) is 0.235. The molecule has 5 nitrogen and oxygen atoms in total. The lowest BCUT2D eigenvalue weighted by atomic mass is 10.2. The van der Waals surface area contributed by atoms with Gasteiger partial charge in [-0.15, -0.1) is 2.55 Å². The van der Waals surface area contributed by atoms with E-state index < -0.39 is 42.6 Å². The number of carbonyl (C=O) groups excluding carboxylic acids is 1. The Kier molecular flexibility index (Phi) is 5.87. The molecule has 0 fully saturated rings. The van der Waals surface area contributed by atoms with Crippen molar-refractivity contribution in [3.8, 4) is 0 Å². The van der Waals surface area contributed by atoms with Gasteiger partial charge in [0.05, 0.1) is 10.5 Å². The first-order valence-corrected chi connectivity index (χ1v) is 10.7. The summed E-state index contributed by atoms with van der Waals surface area (Å²) in [6.07, 6.45) is 0. The number of hydrogen-bond donors (Lipinski definition) is 0. The van der Waals surface area contributed by atoms with Gasteiger partial charge in [0.25, 0.3) is 10.0 Å². The highest BCUT2D eigenvalue weighted by atomic mass is 127. The Hall–Kier alpha value is -1.61. The van der Waals surface area contributed by atoms with E-state index in [-0.39, 0.29) is 4.90 Å². The van der Waals surface area contributed by atoms with Crippen molar-refractivity contribution in [2.24, 2.45) is 2.55 Å². The molecule has 0 aliphatic heterocycles. The lowest BCUT2D eigenvalue weighted by molar-refractivity contribution is 0.00694. The first kappa shape index (κ1) is 18.7. The van der Waals surface area contributed by atoms with E-state index in [1.54, 1.807) is 20.8 Å². The maximum atomic E-state index is 12.3. The summed E-state index contributed by atoms with van der Waals surface area (Å²) in [5.41, 5.74) is -0.293. The van der Waals surface area contributed by atoms with Crippen LogP contribution < -0.4 is 0 Å². The van der Waals surface area contributed by atoms with Crippen LogP contribution in [0.25, 0.3) is 0 Å². The maximum absolute atomic E-state index is 12.3. The molecule has 0 N–H and O–H groups in total. The van der Waals surface area contributed by atoms with Gasteiger partial charge in [-0.25, -0.2) is 4.79 Å². The Morgan fingerprint density at radius 1 is 1.00 bits per heavy atom. The number of sulfonamides is 1. The van der Waals surface area contributed by atoms with Gasteiger partial charge in [-0.05, 0) is 57.2 Å². The minimum absolute atomic E-state index is 0.0745. The second-order valence-electron chi connectivity index (χ2n) is 5.95. The van der Waals surface area contributed by atoms with Gasteiger partial charge in [0.15, 0.2) is 0 Å². The van der Waals surface area contributed by atoms with Crippen molar-refractivity contribution in [1.82, 2.24) is 0 Å². The zero-order valence-electron chi connectivity index (χ0n) is 13.6. The van der Waals surface area contributed by atoms with E-state index in [0.29, 0.717) is 5.56 Å². The molecule has 0 heterocycles. The van der Waals surface area contributed by atoms with E-state index in [9.17, 15) is 13.2 Å². The number of halogens is 1. The zero-order chi connectivity index (χ0) is 17.8. The van der Waals surface area contributed by atoms with Crippen LogP contribution in [0.5, 0.6) is 0 Å². The summed E-state index contributed by atoms with van der Waals surface area (Å²) in [5.74, 6) is -0.486. The van der Waals surface area contributed by atoms with E-state index in [2.05, 4.69) is 2.55 Å². The molecule has 0 spiro atoms. The normalized spacial score (nSPS) is 12.6. The summed E-state index contributed by atoms with van der Waals surface area (Å²) in [5, 5.41) is 0. The van der Waals surface area contributed by atoms with Gasteiger partial charge in [-0.3, -0.25) is 0 Å². The molecule has 0 saturated carbocycles. The van der Waals surface area contributed by atoms with Crippen LogP contribution >= 0.6 is 21.0 Å². The molecule has 0 saturated heterocycles. The number of rotatable bonds is 4. The first-order chi connectivity index (χ1) is 11.2. The third-order valence-electron chi connectivity index (χ3n) is 2.74. The van der Waals surface area contributed by atoms with Crippen molar-refractivity contribution < 1.29 is 17.9 Å². The fourth-order valence-electron chi connectivity index (χ4n) is 1.70. The molecule has 0 aliphatic carbocycles. The first-order valence-electron chi connectivity index (χ1n) is 7.17. The quantitative estimate of drug-likeness (QED) is 0.504. The van der Waals surface area contributed by atoms with E-state index >= 15 is 0 Å². The lowest BCUT2D eigenvalue weighted by Gasteiger charge is -2.19. The molecule has 0 bridgehead atoms. The van der Waals surface area contributed by atoms with E-state index in [4.69, 9.17) is 4.74 Å². The molecule has 0 atom stereocenters. The topological polar surface area (TPSA) is 72.8 Å². The van der Waals surface area contributed by atoms with Crippen LogP contribution in [0.4, 0.5) is 0 Å². The molecule has 2 aromatic rings. The van der Waals surface area contributed by atoms with Gasteiger partial charge in [-0.1, -0.05) is 18.2 Å². The molecule has 0 aromatic heterocycles. The fourth-order valence-corrected chi connectivity index (χ4v) is 5.31. The van der Waals surface area contributed by atoms with Gasteiger partial charge in [0, 0.05) is 24.6 Å². The molecule has 0 radical (unpaired) electrons. The molecule has 2 aromatic carbocycles. The van der Waals surface area contributed by atoms with Crippen molar-refractivity contribution >= 4 is 37.0 Å². The van der Waals surface area contributed by atoms with Crippen molar-refractivity contribution in [3.05, 3.63) is 63.7 Å². The molecule has 0 amide bonds. The Morgan fingerprint density at radius 3 is 2.12 bits per heavy atom. The number of carbonyl (C=O) groups is 1. The predicted molar refractivity (Wildman–Crippen MR) is 100 cm³/mol. The molecular weight excluding hydrogens is 441 g/mol. The second-order valence-corrected chi connectivity index (χ2v) is 10.4. The summed E-state index contributed by atoms with van der Waals surface area (Å²) in [6, 6.07) is 14.9. The third-order valence-corrected chi connectivity index (χ3v) is 7.28. The van der Waals surface area contributed by atoms with Crippen LogP contribution in [0.1, 0.15) is 31.1 Å². The lowest BCUT2D eigenvalue weighted by Crippen LogP contribution is -2.23. The summed E-state index contributed by atoms with van der Waals surface area (Å²) in [7, 11) is -3.71. The molecular formula is C17H18INO4S. The Balaban J connectivity index is 2.17. The SMILES string of the molecule is CC(C)(C)OC(=O)c1ccc(S(=O)(=O)/N=I/c2ccccc2)cc1. The Bertz CT molecular complexity index is 838. The minimum atomic E-state index is -3.71. The smallest absolute Gasteiger partial charge is 0.338 e. The van der Waals surface area contributed by atoms with Gasteiger partial charge >= 0.3 is 5.97 Å². The van der Waals surface area contributed by atoms with Crippen LogP contribution in [-0.4, -0.2) is 20.0 Å². The highest BCUT2D eigenvalue weighted by Gasteiger charge is 2.19. The van der Waals surface area contributed by atoms with Crippen molar-refractivity contribution in [2.75, 3.05) is 0 Å². The molecule has 7 heteroatoms. The Morgan fingerprint density at radius 2 is 1.58 bits per heavy atom. The average molecular weight is 459 g/mol. The van der Waals surface area contributed by atoms with Crippen LogP contribution in [0.2, 0.25) is 0 Å². The monoisotopic (exact) mass is 459 g/mol.